The summed E-state index contributed by atoms with van der Waals surface area (Å²) in [5.74, 6) is -2.77. The van der Waals surface area contributed by atoms with Crippen LogP contribution in [0.3, 0.4) is 0 Å². The number of carbonyl (C=O) groups excluding carboxylic acids is 1. The number of Topliss-reactive ketones (excluding diaryl/α,β-unsaturated/α-hetero) is 1. The van der Waals surface area contributed by atoms with Crippen LogP contribution in [-0.4, -0.2) is 21.0 Å². The number of rotatable bonds is 3. The number of hydrogen-bond acceptors (Lipinski definition) is 4. The number of pyridine rings is 2. The van der Waals surface area contributed by atoms with Gasteiger partial charge in [-0.3, -0.25) is 4.79 Å². The van der Waals surface area contributed by atoms with Crippen LogP contribution in [0, 0.1) is 11.6 Å². The van der Waals surface area contributed by atoms with Crippen LogP contribution in [0.2, 0.25) is 5.15 Å². The summed E-state index contributed by atoms with van der Waals surface area (Å²) in [6.07, 6.45) is 2.75. The summed E-state index contributed by atoms with van der Waals surface area (Å²) in [5, 5.41) is 12.0. The highest BCUT2D eigenvalue weighted by molar-refractivity contribution is 6.29. The minimum absolute atomic E-state index is 0.221. The first-order valence-corrected chi connectivity index (χ1v) is 8.91. The SMILES string of the molecule is O=C1c2cccc[n+]2C(Cc2ccc(Cl)nc2)N(O)C1c1cccc(F)c1F. The Kier molecular flexibility index (Phi) is 4.89. The fourth-order valence-electron chi connectivity index (χ4n) is 3.43. The molecule has 1 aliphatic heterocycles. The van der Waals surface area contributed by atoms with E-state index in [0.717, 1.165) is 16.7 Å². The molecule has 8 heteroatoms. The van der Waals surface area contributed by atoms with Crippen LogP contribution in [0.1, 0.15) is 33.8 Å². The standard InChI is InChI=1S/C20H15ClF2N3O2/c21-16-8-7-12(11-24-16)10-17-25-9-2-1-6-15(25)20(27)19(26(17)28)13-4-3-5-14(22)18(13)23/h1-9,11,17,19,28H,10H2/q+1. The van der Waals surface area contributed by atoms with Crippen molar-refractivity contribution in [1.82, 2.24) is 10.0 Å². The molecule has 0 spiro atoms. The van der Waals surface area contributed by atoms with Crippen molar-refractivity contribution in [2.45, 2.75) is 18.6 Å². The number of nitrogens with zero attached hydrogens (tertiary/aromatic N) is 3. The molecule has 0 bridgehead atoms. The van der Waals surface area contributed by atoms with Gasteiger partial charge in [-0.05, 0) is 23.8 Å². The molecule has 5 nitrogen and oxygen atoms in total. The van der Waals surface area contributed by atoms with Crippen molar-refractivity contribution in [2.24, 2.45) is 0 Å². The van der Waals surface area contributed by atoms with Gasteiger partial charge in [-0.2, -0.15) is 4.57 Å². The Morgan fingerprint density at radius 3 is 2.71 bits per heavy atom. The Bertz CT molecular complexity index is 1050. The highest BCUT2D eigenvalue weighted by Gasteiger charge is 2.47. The van der Waals surface area contributed by atoms with Crippen LogP contribution in [0.15, 0.2) is 60.9 Å². The molecule has 2 aromatic heterocycles. The average Bonchev–Trinajstić information content (AvgIpc) is 2.70. The third-order valence-electron chi connectivity index (χ3n) is 4.76. The quantitative estimate of drug-likeness (QED) is 0.536. The first-order chi connectivity index (χ1) is 13.5. The summed E-state index contributed by atoms with van der Waals surface area (Å²) in [5.41, 5.74) is 0.818. The van der Waals surface area contributed by atoms with E-state index in [4.69, 9.17) is 11.6 Å². The van der Waals surface area contributed by atoms with Gasteiger partial charge in [0, 0.05) is 23.9 Å². The molecule has 2 unspecified atom stereocenters. The fourth-order valence-corrected chi connectivity index (χ4v) is 3.54. The maximum atomic E-state index is 14.4. The molecule has 0 radical (unpaired) electrons. The lowest BCUT2D eigenvalue weighted by Gasteiger charge is -2.33. The lowest BCUT2D eigenvalue weighted by molar-refractivity contribution is -0.764. The normalized spacial score (nSPS) is 19.5. The van der Waals surface area contributed by atoms with Gasteiger partial charge in [-0.1, -0.05) is 29.8 Å². The number of benzene rings is 1. The molecule has 1 aromatic carbocycles. The minimum atomic E-state index is -1.37. The number of aromatic nitrogens is 2. The topological polar surface area (TPSA) is 57.3 Å². The van der Waals surface area contributed by atoms with Crippen molar-refractivity contribution < 1.29 is 23.3 Å². The zero-order chi connectivity index (χ0) is 19.8. The number of halogens is 3. The molecule has 0 aliphatic carbocycles. The summed E-state index contributed by atoms with van der Waals surface area (Å²) >= 11 is 5.82. The molecule has 1 N–H and O–H groups in total. The van der Waals surface area contributed by atoms with Gasteiger partial charge < -0.3 is 5.21 Å². The van der Waals surface area contributed by atoms with Crippen LogP contribution in [0.25, 0.3) is 0 Å². The van der Waals surface area contributed by atoms with Gasteiger partial charge in [0.2, 0.25) is 6.17 Å². The first kappa shape index (κ1) is 18.6. The van der Waals surface area contributed by atoms with E-state index in [1.165, 1.54) is 12.1 Å². The predicted octanol–water partition coefficient (Wildman–Crippen LogP) is 3.67. The summed E-state index contributed by atoms with van der Waals surface area (Å²) in [7, 11) is 0. The number of hydrogen-bond donors (Lipinski definition) is 1. The summed E-state index contributed by atoms with van der Waals surface area (Å²) < 4.78 is 29.8. The second-order valence-electron chi connectivity index (χ2n) is 6.46. The Labute approximate surface area is 164 Å². The Morgan fingerprint density at radius 1 is 1.14 bits per heavy atom. The van der Waals surface area contributed by atoms with E-state index in [9.17, 15) is 18.8 Å². The molecule has 3 aromatic rings. The summed E-state index contributed by atoms with van der Waals surface area (Å²) in [6.45, 7) is 0. The smallest absolute Gasteiger partial charge is 0.252 e. The molecule has 28 heavy (non-hydrogen) atoms. The molecule has 142 valence electrons. The number of hydroxylamine groups is 2. The van der Waals surface area contributed by atoms with Gasteiger partial charge in [-0.15, -0.1) is 5.06 Å². The third-order valence-corrected chi connectivity index (χ3v) is 4.99. The molecule has 0 fully saturated rings. The van der Waals surface area contributed by atoms with Crippen LogP contribution in [0.4, 0.5) is 8.78 Å². The van der Waals surface area contributed by atoms with Crippen LogP contribution >= 0.6 is 11.6 Å². The Morgan fingerprint density at radius 2 is 1.96 bits per heavy atom. The maximum absolute atomic E-state index is 14.4. The summed E-state index contributed by atoms with van der Waals surface area (Å²) in [6, 6.07) is 10.6. The molecule has 3 heterocycles. The van der Waals surface area contributed by atoms with E-state index in [0.29, 0.717) is 5.15 Å². The molecule has 1 aliphatic rings. The van der Waals surface area contributed by atoms with Crippen molar-refractivity contribution in [3.63, 3.8) is 0 Å². The van der Waals surface area contributed by atoms with Gasteiger partial charge in [-0.25, -0.2) is 13.8 Å². The Hall–Kier alpha value is -2.74. The third kappa shape index (κ3) is 3.17. The monoisotopic (exact) mass is 402 g/mol. The minimum Gasteiger partial charge on any atom is -0.307 e. The summed E-state index contributed by atoms with van der Waals surface area (Å²) in [4.78, 5) is 17.0. The molecule has 2 atom stereocenters. The average molecular weight is 403 g/mol. The maximum Gasteiger partial charge on any atom is 0.252 e. The first-order valence-electron chi connectivity index (χ1n) is 8.53. The van der Waals surface area contributed by atoms with Gasteiger partial charge >= 0.3 is 0 Å². The number of ketones is 1. The highest BCUT2D eigenvalue weighted by Crippen LogP contribution is 2.33. The molecular formula is C20H15ClF2N3O2+. The van der Waals surface area contributed by atoms with Gasteiger partial charge in [0.1, 0.15) is 11.2 Å². The van der Waals surface area contributed by atoms with Gasteiger partial charge in [0.15, 0.2) is 17.8 Å². The lowest BCUT2D eigenvalue weighted by atomic mass is 9.95. The second kappa shape index (κ2) is 7.35. The van der Waals surface area contributed by atoms with Crippen molar-refractivity contribution in [3.05, 3.63) is 94.5 Å². The largest absolute Gasteiger partial charge is 0.307 e. The number of carbonyl (C=O) groups is 1. The molecular weight excluding hydrogens is 388 g/mol. The number of fused-ring (bicyclic) bond motifs is 1. The molecule has 0 amide bonds. The second-order valence-corrected chi connectivity index (χ2v) is 6.84. The van der Waals surface area contributed by atoms with Gasteiger partial charge in [0.05, 0.1) is 6.42 Å². The van der Waals surface area contributed by atoms with E-state index in [2.05, 4.69) is 4.98 Å². The molecule has 0 saturated carbocycles. The molecule has 4 rings (SSSR count). The van der Waals surface area contributed by atoms with E-state index in [-0.39, 0.29) is 17.7 Å². The van der Waals surface area contributed by atoms with Gasteiger partial charge in [0.25, 0.3) is 11.5 Å². The van der Waals surface area contributed by atoms with Crippen molar-refractivity contribution in [1.29, 1.82) is 0 Å². The van der Waals surface area contributed by atoms with E-state index in [1.54, 1.807) is 47.3 Å². The van der Waals surface area contributed by atoms with E-state index in [1.807, 2.05) is 0 Å². The Balaban J connectivity index is 1.81. The van der Waals surface area contributed by atoms with E-state index < -0.39 is 29.6 Å². The lowest BCUT2D eigenvalue weighted by Crippen LogP contribution is -2.60. The predicted molar refractivity (Wildman–Crippen MR) is 95.7 cm³/mol. The highest BCUT2D eigenvalue weighted by atomic mass is 35.5. The van der Waals surface area contributed by atoms with Crippen molar-refractivity contribution in [3.8, 4) is 0 Å². The van der Waals surface area contributed by atoms with Crippen LogP contribution in [-0.2, 0) is 6.42 Å². The zero-order valence-electron chi connectivity index (χ0n) is 14.5. The van der Waals surface area contributed by atoms with Crippen LogP contribution < -0.4 is 4.57 Å². The zero-order valence-corrected chi connectivity index (χ0v) is 15.2. The van der Waals surface area contributed by atoms with Crippen molar-refractivity contribution in [2.75, 3.05) is 0 Å². The van der Waals surface area contributed by atoms with Crippen LogP contribution in [0.5, 0.6) is 0 Å². The van der Waals surface area contributed by atoms with E-state index >= 15 is 0 Å². The molecule has 0 saturated heterocycles. The van der Waals surface area contributed by atoms with Crippen molar-refractivity contribution >= 4 is 17.4 Å². The fraction of sp³-hybridized carbons (Fsp3) is 0.150.